The third kappa shape index (κ3) is 3.56. The van der Waals surface area contributed by atoms with Crippen molar-refractivity contribution in [1.29, 1.82) is 0 Å². The Hall–Kier alpha value is -1.35. The molecule has 0 radical (unpaired) electrons. The summed E-state index contributed by atoms with van der Waals surface area (Å²) in [5.41, 5.74) is 6.39. The van der Waals surface area contributed by atoms with Crippen molar-refractivity contribution in [2.24, 2.45) is 11.7 Å². The lowest BCUT2D eigenvalue weighted by Crippen LogP contribution is -2.30. The van der Waals surface area contributed by atoms with E-state index in [9.17, 15) is 4.79 Å². The summed E-state index contributed by atoms with van der Waals surface area (Å²) in [6.45, 7) is 6.35. The molecule has 1 aromatic rings. The lowest BCUT2D eigenvalue weighted by atomic mass is 9.93. The molecule has 0 heterocycles. The highest BCUT2D eigenvalue weighted by atomic mass is 16.5. The second-order valence-electron chi connectivity index (χ2n) is 4.36. The number of ketones is 1. The number of carbonyl (C=O) groups is 1. The summed E-state index contributed by atoms with van der Waals surface area (Å²) in [4.78, 5) is 12.2. The standard InChI is InChI=1S/C14H21NO2/c1-4-9-17-13-8-6-5-7-12(13)14(16)10(2)11(3)15/h5-8,10-11H,4,9,15H2,1-3H3. The number of para-hydroxylation sites is 1. The van der Waals surface area contributed by atoms with Crippen LogP contribution in [0.25, 0.3) is 0 Å². The number of rotatable bonds is 6. The molecule has 0 aliphatic heterocycles. The fraction of sp³-hybridized carbons (Fsp3) is 0.500. The van der Waals surface area contributed by atoms with Crippen molar-refractivity contribution in [2.75, 3.05) is 6.61 Å². The first kappa shape index (κ1) is 13.7. The molecule has 2 unspecified atom stereocenters. The minimum atomic E-state index is -0.193. The minimum absolute atomic E-state index is 0.0479. The highest BCUT2D eigenvalue weighted by Gasteiger charge is 2.21. The molecular formula is C14H21NO2. The zero-order valence-corrected chi connectivity index (χ0v) is 10.8. The van der Waals surface area contributed by atoms with Crippen LogP contribution in [-0.2, 0) is 0 Å². The predicted octanol–water partition coefficient (Wildman–Crippen LogP) is 2.64. The van der Waals surface area contributed by atoms with Crippen LogP contribution in [0, 0.1) is 5.92 Å². The molecule has 0 bridgehead atoms. The Bertz CT molecular complexity index is 374. The van der Waals surface area contributed by atoms with E-state index in [0.717, 1.165) is 6.42 Å². The molecule has 0 aliphatic rings. The molecule has 0 amide bonds. The predicted molar refractivity (Wildman–Crippen MR) is 69.4 cm³/mol. The Labute approximate surface area is 103 Å². The van der Waals surface area contributed by atoms with Gasteiger partial charge in [0.05, 0.1) is 12.2 Å². The normalized spacial score (nSPS) is 14.1. The van der Waals surface area contributed by atoms with E-state index in [1.54, 1.807) is 6.07 Å². The van der Waals surface area contributed by atoms with Gasteiger partial charge in [-0.2, -0.15) is 0 Å². The third-order valence-electron chi connectivity index (χ3n) is 2.82. The van der Waals surface area contributed by atoms with Gasteiger partial charge in [0.1, 0.15) is 5.75 Å². The van der Waals surface area contributed by atoms with Crippen molar-refractivity contribution in [3.63, 3.8) is 0 Å². The van der Waals surface area contributed by atoms with Gasteiger partial charge in [-0.05, 0) is 25.5 Å². The van der Waals surface area contributed by atoms with Crippen molar-refractivity contribution in [3.8, 4) is 5.75 Å². The second-order valence-corrected chi connectivity index (χ2v) is 4.36. The van der Waals surface area contributed by atoms with Crippen LogP contribution < -0.4 is 10.5 Å². The summed E-state index contributed by atoms with van der Waals surface area (Å²) in [6, 6.07) is 7.20. The van der Waals surface area contributed by atoms with E-state index in [4.69, 9.17) is 10.5 Å². The Morgan fingerprint density at radius 1 is 1.35 bits per heavy atom. The van der Waals surface area contributed by atoms with Gasteiger partial charge in [0, 0.05) is 12.0 Å². The molecule has 0 fully saturated rings. The number of Topliss-reactive ketones (excluding diaryl/α,β-unsaturated/α-hetero) is 1. The number of benzene rings is 1. The zero-order chi connectivity index (χ0) is 12.8. The molecule has 2 N–H and O–H groups in total. The molecule has 3 nitrogen and oxygen atoms in total. The zero-order valence-electron chi connectivity index (χ0n) is 10.8. The summed E-state index contributed by atoms with van der Waals surface area (Å²) in [5, 5.41) is 0. The summed E-state index contributed by atoms with van der Waals surface area (Å²) in [5.74, 6) is 0.514. The highest BCUT2D eigenvalue weighted by molar-refractivity contribution is 6.00. The molecule has 0 aliphatic carbocycles. The van der Waals surface area contributed by atoms with Crippen LogP contribution in [0.4, 0.5) is 0 Å². The maximum atomic E-state index is 12.2. The van der Waals surface area contributed by atoms with Crippen molar-refractivity contribution in [3.05, 3.63) is 29.8 Å². The summed E-state index contributed by atoms with van der Waals surface area (Å²) < 4.78 is 5.58. The average molecular weight is 235 g/mol. The quantitative estimate of drug-likeness (QED) is 0.771. The van der Waals surface area contributed by atoms with Crippen LogP contribution >= 0.6 is 0 Å². The Kier molecular flexibility index (Phi) is 5.16. The van der Waals surface area contributed by atoms with Gasteiger partial charge in [-0.3, -0.25) is 4.79 Å². The van der Waals surface area contributed by atoms with Crippen LogP contribution in [0.2, 0.25) is 0 Å². The molecule has 2 atom stereocenters. The lowest BCUT2D eigenvalue weighted by molar-refractivity contribution is 0.0913. The van der Waals surface area contributed by atoms with Crippen LogP contribution in [0.5, 0.6) is 5.75 Å². The van der Waals surface area contributed by atoms with E-state index in [0.29, 0.717) is 17.9 Å². The number of nitrogens with two attached hydrogens (primary N) is 1. The van der Waals surface area contributed by atoms with Gasteiger partial charge in [-0.15, -0.1) is 0 Å². The lowest BCUT2D eigenvalue weighted by Gasteiger charge is -2.16. The van der Waals surface area contributed by atoms with Gasteiger partial charge < -0.3 is 10.5 Å². The fourth-order valence-electron chi connectivity index (χ4n) is 1.49. The summed E-state index contributed by atoms with van der Waals surface area (Å²) in [6.07, 6.45) is 0.922. The van der Waals surface area contributed by atoms with Crippen molar-refractivity contribution in [1.82, 2.24) is 0 Å². The van der Waals surface area contributed by atoms with Gasteiger partial charge in [0.15, 0.2) is 5.78 Å². The number of ether oxygens (including phenoxy) is 1. The SMILES string of the molecule is CCCOc1ccccc1C(=O)C(C)C(C)N. The molecule has 0 saturated carbocycles. The largest absolute Gasteiger partial charge is 0.493 e. The first-order valence-electron chi connectivity index (χ1n) is 6.09. The van der Waals surface area contributed by atoms with Gasteiger partial charge >= 0.3 is 0 Å². The number of hydrogen-bond acceptors (Lipinski definition) is 3. The minimum Gasteiger partial charge on any atom is -0.493 e. The second kappa shape index (κ2) is 6.40. The van der Waals surface area contributed by atoms with Crippen molar-refractivity contribution < 1.29 is 9.53 Å². The van der Waals surface area contributed by atoms with Gasteiger partial charge in [0.2, 0.25) is 0 Å². The molecular weight excluding hydrogens is 214 g/mol. The van der Waals surface area contributed by atoms with Crippen LogP contribution in [0.1, 0.15) is 37.6 Å². The van der Waals surface area contributed by atoms with Crippen LogP contribution in [0.15, 0.2) is 24.3 Å². The van der Waals surface area contributed by atoms with Gasteiger partial charge in [-0.1, -0.05) is 26.0 Å². The first-order valence-corrected chi connectivity index (χ1v) is 6.09. The summed E-state index contributed by atoms with van der Waals surface area (Å²) in [7, 11) is 0. The fourth-order valence-corrected chi connectivity index (χ4v) is 1.49. The Morgan fingerprint density at radius 3 is 2.59 bits per heavy atom. The van der Waals surface area contributed by atoms with E-state index in [-0.39, 0.29) is 17.7 Å². The number of hydrogen-bond donors (Lipinski definition) is 1. The Morgan fingerprint density at radius 2 is 2.00 bits per heavy atom. The van der Waals surface area contributed by atoms with Crippen LogP contribution in [0.3, 0.4) is 0 Å². The first-order chi connectivity index (χ1) is 8.07. The van der Waals surface area contributed by atoms with E-state index in [1.165, 1.54) is 0 Å². The maximum absolute atomic E-state index is 12.2. The molecule has 94 valence electrons. The number of carbonyl (C=O) groups excluding carboxylic acids is 1. The summed E-state index contributed by atoms with van der Waals surface area (Å²) >= 11 is 0. The van der Waals surface area contributed by atoms with Crippen molar-refractivity contribution >= 4 is 5.78 Å². The molecule has 0 saturated heterocycles. The molecule has 1 rings (SSSR count). The van der Waals surface area contributed by atoms with Gasteiger partial charge in [-0.25, -0.2) is 0 Å². The molecule has 1 aromatic carbocycles. The van der Waals surface area contributed by atoms with E-state index < -0.39 is 0 Å². The highest BCUT2D eigenvalue weighted by Crippen LogP contribution is 2.22. The van der Waals surface area contributed by atoms with Crippen molar-refractivity contribution in [2.45, 2.75) is 33.2 Å². The topological polar surface area (TPSA) is 52.3 Å². The Balaban J connectivity index is 2.92. The monoisotopic (exact) mass is 235 g/mol. The van der Waals surface area contributed by atoms with Gasteiger partial charge in [0.25, 0.3) is 0 Å². The van der Waals surface area contributed by atoms with Crippen LogP contribution in [-0.4, -0.2) is 18.4 Å². The average Bonchev–Trinajstić information content (AvgIpc) is 2.34. The van der Waals surface area contributed by atoms with E-state index in [2.05, 4.69) is 0 Å². The molecule has 3 heteroatoms. The van der Waals surface area contributed by atoms with E-state index >= 15 is 0 Å². The maximum Gasteiger partial charge on any atom is 0.170 e. The molecule has 0 aromatic heterocycles. The molecule has 17 heavy (non-hydrogen) atoms. The molecule has 0 spiro atoms. The smallest absolute Gasteiger partial charge is 0.170 e. The van der Waals surface area contributed by atoms with E-state index in [1.807, 2.05) is 39.0 Å². The third-order valence-corrected chi connectivity index (χ3v) is 2.82.